The van der Waals surface area contributed by atoms with Crippen LogP contribution in [0.3, 0.4) is 0 Å². The van der Waals surface area contributed by atoms with Crippen LogP contribution >= 0.6 is 0 Å². The molecule has 66 valence electrons. The molecule has 0 aliphatic heterocycles. The number of hydrogen-bond donors (Lipinski definition) is 0. The number of aryl methyl sites for hydroxylation is 1. The minimum Gasteiger partial charge on any atom is -0.233 e. The molecule has 0 aliphatic carbocycles. The van der Waals surface area contributed by atoms with Crippen LogP contribution in [-0.4, -0.2) is 20.0 Å². The summed E-state index contributed by atoms with van der Waals surface area (Å²) < 4.78 is 13.3. The number of hydrogen-bond acceptors (Lipinski definition) is 3. The zero-order valence-electron chi connectivity index (χ0n) is 6.98. The highest BCUT2D eigenvalue weighted by Crippen LogP contribution is 2.08. The summed E-state index contributed by atoms with van der Waals surface area (Å²) in [5, 5.41) is 7.56. The highest BCUT2D eigenvalue weighted by molar-refractivity contribution is 5.24. The number of pyridine rings is 1. The van der Waals surface area contributed by atoms with Crippen LogP contribution in [0, 0.1) is 12.7 Å². The largest absolute Gasteiger partial charge is 0.233 e. The van der Waals surface area contributed by atoms with Crippen LogP contribution in [0.2, 0.25) is 0 Å². The minimum atomic E-state index is -0.420. The molecule has 0 saturated carbocycles. The van der Waals surface area contributed by atoms with Gasteiger partial charge >= 0.3 is 0 Å². The van der Waals surface area contributed by atoms with Gasteiger partial charge in [-0.15, -0.1) is 4.80 Å². The van der Waals surface area contributed by atoms with Gasteiger partial charge in [0.15, 0.2) is 5.82 Å². The molecule has 0 saturated heterocycles. The lowest BCUT2D eigenvalue weighted by Crippen LogP contribution is -2.04. The van der Waals surface area contributed by atoms with Crippen LogP contribution < -0.4 is 0 Å². The Morgan fingerprint density at radius 1 is 1.31 bits per heavy atom. The molecule has 0 spiro atoms. The van der Waals surface area contributed by atoms with E-state index in [0.717, 1.165) is 10.4 Å². The Morgan fingerprint density at radius 2 is 2.00 bits per heavy atom. The lowest BCUT2D eigenvalue weighted by molar-refractivity contribution is 0.582. The van der Waals surface area contributed by atoms with Crippen LogP contribution in [0.1, 0.15) is 5.56 Å². The minimum absolute atomic E-state index is 0.121. The maximum atomic E-state index is 13.3. The molecule has 0 amide bonds. The Morgan fingerprint density at radius 3 is 2.62 bits per heavy atom. The molecule has 0 aliphatic rings. The molecule has 4 nitrogen and oxygen atoms in total. The van der Waals surface area contributed by atoms with Gasteiger partial charge in [0.05, 0.1) is 12.4 Å². The molecule has 2 aromatic heterocycles. The first-order valence-corrected chi connectivity index (χ1v) is 3.76. The Balaban J connectivity index is 2.53. The molecule has 0 atom stereocenters. The van der Waals surface area contributed by atoms with Crippen molar-refractivity contribution in [1.82, 2.24) is 20.0 Å². The Bertz CT molecular complexity index is 410. The van der Waals surface area contributed by atoms with E-state index in [1.807, 2.05) is 0 Å². The third-order valence-corrected chi connectivity index (χ3v) is 1.57. The summed E-state index contributed by atoms with van der Waals surface area (Å²) in [7, 11) is 0. The zero-order chi connectivity index (χ0) is 9.26. The van der Waals surface area contributed by atoms with E-state index in [1.54, 1.807) is 13.1 Å². The zero-order valence-corrected chi connectivity index (χ0v) is 6.98. The summed E-state index contributed by atoms with van der Waals surface area (Å²) in [5.74, 6) is -0.299. The van der Waals surface area contributed by atoms with Crippen LogP contribution in [0.5, 0.6) is 0 Å². The van der Waals surface area contributed by atoms with Crippen molar-refractivity contribution in [2.24, 2.45) is 0 Å². The summed E-state index contributed by atoms with van der Waals surface area (Å²) in [6, 6.07) is 1.39. The van der Waals surface area contributed by atoms with E-state index in [-0.39, 0.29) is 5.82 Å². The Kier molecular flexibility index (Phi) is 1.77. The molecule has 0 N–H and O–H groups in total. The van der Waals surface area contributed by atoms with Crippen molar-refractivity contribution in [2.45, 2.75) is 6.92 Å². The number of aromatic nitrogens is 4. The van der Waals surface area contributed by atoms with Gasteiger partial charge in [-0.25, -0.2) is 9.37 Å². The lowest BCUT2D eigenvalue weighted by Gasteiger charge is -2.00. The second-order valence-corrected chi connectivity index (χ2v) is 2.64. The number of halogens is 1. The quantitative estimate of drug-likeness (QED) is 0.657. The molecule has 0 fully saturated rings. The molecule has 0 bridgehead atoms. The lowest BCUT2D eigenvalue weighted by atomic mass is 10.3. The highest BCUT2D eigenvalue weighted by atomic mass is 19.1. The summed E-state index contributed by atoms with van der Waals surface area (Å²) >= 11 is 0. The van der Waals surface area contributed by atoms with E-state index in [4.69, 9.17) is 0 Å². The summed E-state index contributed by atoms with van der Waals surface area (Å²) in [5.41, 5.74) is 0.772. The van der Waals surface area contributed by atoms with Gasteiger partial charge in [-0.05, 0) is 18.6 Å². The van der Waals surface area contributed by atoms with Gasteiger partial charge in [-0.1, -0.05) is 0 Å². The maximum Gasteiger partial charge on any atom is 0.210 e. The smallest absolute Gasteiger partial charge is 0.210 e. The molecule has 5 heteroatoms. The molecular formula is C8H7FN4. The van der Waals surface area contributed by atoms with Crippen molar-refractivity contribution in [3.05, 3.63) is 36.0 Å². The molecule has 2 rings (SSSR count). The standard InChI is InChI=1S/C8H7FN4/c1-6-4-7(9)8(10-5-6)13-11-2-3-12-13/h2-5H,1H3. The molecule has 13 heavy (non-hydrogen) atoms. The molecule has 0 aromatic carbocycles. The van der Waals surface area contributed by atoms with Crippen LogP contribution in [0.4, 0.5) is 4.39 Å². The normalized spacial score (nSPS) is 10.3. The topological polar surface area (TPSA) is 43.6 Å². The van der Waals surface area contributed by atoms with Gasteiger partial charge in [-0.2, -0.15) is 10.2 Å². The average Bonchev–Trinajstić information content (AvgIpc) is 2.56. The fraction of sp³-hybridized carbons (Fsp3) is 0.125. The third kappa shape index (κ3) is 1.40. The summed E-state index contributed by atoms with van der Waals surface area (Å²) in [6.45, 7) is 1.77. The first-order valence-electron chi connectivity index (χ1n) is 3.76. The predicted octanol–water partition coefficient (Wildman–Crippen LogP) is 1.11. The Hall–Kier alpha value is -1.78. The highest BCUT2D eigenvalue weighted by Gasteiger charge is 2.06. The molecule has 0 unspecified atom stereocenters. The fourth-order valence-corrected chi connectivity index (χ4v) is 0.999. The molecule has 2 aromatic rings. The number of rotatable bonds is 1. The summed E-state index contributed by atoms with van der Waals surface area (Å²) in [6.07, 6.45) is 4.52. The first-order chi connectivity index (χ1) is 6.27. The van der Waals surface area contributed by atoms with Crippen molar-refractivity contribution in [2.75, 3.05) is 0 Å². The maximum absolute atomic E-state index is 13.3. The molecule has 0 radical (unpaired) electrons. The second kappa shape index (κ2) is 2.93. The van der Waals surface area contributed by atoms with E-state index in [2.05, 4.69) is 15.2 Å². The Labute approximate surface area is 74.0 Å². The van der Waals surface area contributed by atoms with Crippen LogP contribution in [0.25, 0.3) is 5.82 Å². The van der Waals surface area contributed by atoms with Gasteiger partial charge in [0, 0.05) is 6.20 Å². The fourth-order valence-electron chi connectivity index (χ4n) is 0.999. The number of nitrogens with zero attached hydrogens (tertiary/aromatic N) is 4. The van der Waals surface area contributed by atoms with Crippen molar-refractivity contribution in [1.29, 1.82) is 0 Å². The first kappa shape index (κ1) is 7.85. The van der Waals surface area contributed by atoms with E-state index < -0.39 is 5.82 Å². The van der Waals surface area contributed by atoms with Crippen LogP contribution in [0.15, 0.2) is 24.7 Å². The van der Waals surface area contributed by atoms with Gasteiger partial charge in [-0.3, -0.25) is 0 Å². The van der Waals surface area contributed by atoms with Crippen molar-refractivity contribution in [3.63, 3.8) is 0 Å². The van der Waals surface area contributed by atoms with Gasteiger partial charge in [0.1, 0.15) is 0 Å². The predicted molar refractivity (Wildman–Crippen MR) is 43.8 cm³/mol. The van der Waals surface area contributed by atoms with Crippen molar-refractivity contribution >= 4 is 0 Å². The van der Waals surface area contributed by atoms with Gasteiger partial charge in [0.25, 0.3) is 0 Å². The summed E-state index contributed by atoms with van der Waals surface area (Å²) in [4.78, 5) is 5.03. The van der Waals surface area contributed by atoms with Gasteiger partial charge in [0.2, 0.25) is 5.82 Å². The molecule has 2 heterocycles. The monoisotopic (exact) mass is 178 g/mol. The SMILES string of the molecule is Cc1cnc(-n2nccn2)c(F)c1. The second-order valence-electron chi connectivity index (χ2n) is 2.64. The van der Waals surface area contributed by atoms with E-state index in [9.17, 15) is 4.39 Å². The van der Waals surface area contributed by atoms with E-state index in [0.29, 0.717) is 0 Å². The van der Waals surface area contributed by atoms with Crippen molar-refractivity contribution < 1.29 is 4.39 Å². The third-order valence-electron chi connectivity index (χ3n) is 1.57. The van der Waals surface area contributed by atoms with E-state index >= 15 is 0 Å². The van der Waals surface area contributed by atoms with E-state index in [1.165, 1.54) is 18.5 Å². The van der Waals surface area contributed by atoms with Crippen molar-refractivity contribution in [3.8, 4) is 5.82 Å². The van der Waals surface area contributed by atoms with Crippen LogP contribution in [-0.2, 0) is 0 Å². The van der Waals surface area contributed by atoms with Gasteiger partial charge < -0.3 is 0 Å². The molecular weight excluding hydrogens is 171 g/mol. The average molecular weight is 178 g/mol.